The average Bonchev–Trinajstić information content (AvgIpc) is 3.27. The number of amides is 4. The Hall–Kier alpha value is -3.66. The second-order valence-corrected chi connectivity index (χ2v) is 6.10. The summed E-state index contributed by atoms with van der Waals surface area (Å²) in [7, 11) is 1.47. The predicted octanol–water partition coefficient (Wildman–Crippen LogP) is 0.636. The lowest BCUT2D eigenvalue weighted by Crippen LogP contribution is -2.46. The molecule has 0 spiro atoms. The normalized spacial score (nSPS) is 11.2. The molecule has 2 aromatic rings. The summed E-state index contributed by atoms with van der Waals surface area (Å²) < 4.78 is 14.8. The van der Waals surface area contributed by atoms with Crippen LogP contribution in [0.4, 0.5) is 4.79 Å². The molecule has 2 rings (SSSR count). The number of nitrogens with one attached hydrogen (secondary N) is 3. The molecule has 0 fully saturated rings. The topological polar surface area (TPSA) is 136 Å². The van der Waals surface area contributed by atoms with Crippen LogP contribution >= 0.6 is 0 Å². The number of methoxy groups -OCH3 is 1. The summed E-state index contributed by atoms with van der Waals surface area (Å²) in [6.07, 6.45) is 1.48. The maximum atomic E-state index is 12.5. The van der Waals surface area contributed by atoms with Gasteiger partial charge in [0.2, 0.25) is 0 Å². The Morgan fingerprint density at radius 1 is 1.07 bits per heavy atom. The number of carbonyl (C=O) groups excluding carboxylic acids is 4. The highest BCUT2D eigenvalue weighted by Crippen LogP contribution is 2.07. The van der Waals surface area contributed by atoms with Crippen LogP contribution in [0.25, 0.3) is 0 Å². The summed E-state index contributed by atoms with van der Waals surface area (Å²) in [4.78, 5) is 48.1. The first-order valence-electron chi connectivity index (χ1n) is 9.11. The molecule has 0 aliphatic carbocycles. The van der Waals surface area contributed by atoms with Gasteiger partial charge in [0.05, 0.1) is 12.9 Å². The Kier molecular flexibility index (Phi) is 9.07. The number of benzene rings is 1. The molecule has 0 bridgehead atoms. The Labute approximate surface area is 172 Å². The van der Waals surface area contributed by atoms with Crippen molar-refractivity contribution < 1.29 is 33.1 Å². The lowest BCUT2D eigenvalue weighted by Gasteiger charge is -2.17. The van der Waals surface area contributed by atoms with Gasteiger partial charge < -0.3 is 24.5 Å². The van der Waals surface area contributed by atoms with Crippen molar-refractivity contribution >= 4 is 23.8 Å². The summed E-state index contributed by atoms with van der Waals surface area (Å²) in [5, 5.41) is 6.95. The standard InChI is InChI=1S/C20H23N3O7/c1-28-11-9-21-20(27)23-17(24)13-30-19(26)15(12-14-6-3-2-4-7-14)22-18(25)16-8-5-10-29-16/h2-8,10,15H,9,11-13H2,1H3,(H,22,25)(H2,21,23,24,27). The zero-order chi connectivity index (χ0) is 21.8. The molecule has 1 heterocycles. The number of esters is 1. The van der Waals surface area contributed by atoms with Crippen molar-refractivity contribution in [3.8, 4) is 0 Å². The van der Waals surface area contributed by atoms with E-state index in [1.165, 1.54) is 19.4 Å². The molecular weight excluding hydrogens is 394 g/mol. The number of carbonyl (C=O) groups is 4. The van der Waals surface area contributed by atoms with Gasteiger partial charge in [-0.15, -0.1) is 0 Å². The minimum Gasteiger partial charge on any atom is -0.459 e. The van der Waals surface area contributed by atoms with E-state index in [-0.39, 0.29) is 25.3 Å². The summed E-state index contributed by atoms with van der Waals surface area (Å²) >= 11 is 0. The fourth-order valence-corrected chi connectivity index (χ4v) is 2.39. The first-order valence-corrected chi connectivity index (χ1v) is 9.11. The number of imide groups is 1. The van der Waals surface area contributed by atoms with Crippen molar-refractivity contribution in [2.24, 2.45) is 0 Å². The predicted molar refractivity (Wildman–Crippen MR) is 104 cm³/mol. The van der Waals surface area contributed by atoms with Gasteiger partial charge in [-0.05, 0) is 17.7 Å². The molecule has 1 atom stereocenters. The first-order chi connectivity index (χ1) is 14.5. The number of rotatable bonds is 10. The van der Waals surface area contributed by atoms with Crippen LogP contribution in [0, 0.1) is 0 Å². The Bertz CT molecular complexity index is 837. The molecule has 30 heavy (non-hydrogen) atoms. The summed E-state index contributed by atoms with van der Waals surface area (Å²) in [5.41, 5.74) is 0.779. The fraction of sp³-hybridized carbons (Fsp3) is 0.300. The van der Waals surface area contributed by atoms with Gasteiger partial charge in [0.1, 0.15) is 6.04 Å². The summed E-state index contributed by atoms with van der Waals surface area (Å²) in [6, 6.07) is 10.2. The molecule has 3 N–H and O–H groups in total. The molecule has 0 saturated carbocycles. The number of ether oxygens (including phenoxy) is 2. The van der Waals surface area contributed by atoms with E-state index in [2.05, 4.69) is 10.6 Å². The smallest absolute Gasteiger partial charge is 0.329 e. The van der Waals surface area contributed by atoms with Gasteiger partial charge in [0, 0.05) is 20.1 Å². The van der Waals surface area contributed by atoms with Crippen molar-refractivity contribution in [2.45, 2.75) is 12.5 Å². The van der Waals surface area contributed by atoms with Gasteiger partial charge in [0.15, 0.2) is 12.4 Å². The maximum Gasteiger partial charge on any atom is 0.329 e. The highest BCUT2D eigenvalue weighted by atomic mass is 16.5. The molecule has 1 unspecified atom stereocenters. The van der Waals surface area contributed by atoms with Crippen LogP contribution < -0.4 is 16.0 Å². The van der Waals surface area contributed by atoms with Crippen molar-refractivity contribution in [1.29, 1.82) is 0 Å². The maximum absolute atomic E-state index is 12.5. The van der Waals surface area contributed by atoms with Crippen LogP contribution in [0.2, 0.25) is 0 Å². The van der Waals surface area contributed by atoms with E-state index in [0.29, 0.717) is 0 Å². The molecule has 1 aromatic carbocycles. The minimum absolute atomic E-state index is 0.0336. The van der Waals surface area contributed by atoms with E-state index in [1.807, 2.05) is 11.4 Å². The second kappa shape index (κ2) is 12.0. The van der Waals surface area contributed by atoms with Crippen LogP contribution in [0.15, 0.2) is 53.1 Å². The van der Waals surface area contributed by atoms with E-state index >= 15 is 0 Å². The van der Waals surface area contributed by atoms with E-state index < -0.39 is 36.5 Å². The zero-order valence-electron chi connectivity index (χ0n) is 16.4. The third-order valence-electron chi connectivity index (χ3n) is 3.81. The van der Waals surface area contributed by atoms with Gasteiger partial charge in [-0.2, -0.15) is 0 Å². The lowest BCUT2D eigenvalue weighted by molar-refractivity contribution is -0.150. The fourth-order valence-electron chi connectivity index (χ4n) is 2.39. The SMILES string of the molecule is COCCNC(=O)NC(=O)COC(=O)C(Cc1ccccc1)NC(=O)c1ccco1. The van der Waals surface area contributed by atoms with E-state index in [4.69, 9.17) is 13.9 Å². The number of urea groups is 1. The molecule has 0 aliphatic rings. The highest BCUT2D eigenvalue weighted by molar-refractivity contribution is 5.97. The molecule has 10 nitrogen and oxygen atoms in total. The van der Waals surface area contributed by atoms with Gasteiger partial charge in [-0.1, -0.05) is 30.3 Å². The van der Waals surface area contributed by atoms with Crippen LogP contribution in [0.1, 0.15) is 16.1 Å². The van der Waals surface area contributed by atoms with E-state index in [1.54, 1.807) is 30.3 Å². The summed E-state index contributed by atoms with van der Waals surface area (Å²) in [5.74, 6) is -2.20. The van der Waals surface area contributed by atoms with Gasteiger partial charge in [-0.25, -0.2) is 9.59 Å². The quantitative estimate of drug-likeness (QED) is 0.381. The Morgan fingerprint density at radius 2 is 1.83 bits per heavy atom. The van der Waals surface area contributed by atoms with E-state index in [9.17, 15) is 19.2 Å². The van der Waals surface area contributed by atoms with Crippen LogP contribution in [0.3, 0.4) is 0 Å². The van der Waals surface area contributed by atoms with Crippen LogP contribution in [-0.4, -0.2) is 56.7 Å². The average molecular weight is 417 g/mol. The van der Waals surface area contributed by atoms with Crippen molar-refractivity contribution in [3.05, 3.63) is 60.1 Å². The molecule has 1 aromatic heterocycles. The third-order valence-corrected chi connectivity index (χ3v) is 3.81. The highest BCUT2D eigenvalue weighted by Gasteiger charge is 2.25. The minimum atomic E-state index is -1.06. The number of hydrogen-bond acceptors (Lipinski definition) is 7. The molecule has 0 saturated heterocycles. The molecule has 4 amide bonds. The number of hydrogen-bond donors (Lipinski definition) is 3. The molecule has 10 heteroatoms. The second-order valence-electron chi connectivity index (χ2n) is 6.10. The van der Waals surface area contributed by atoms with E-state index in [0.717, 1.165) is 5.56 Å². The zero-order valence-corrected chi connectivity index (χ0v) is 16.4. The monoisotopic (exact) mass is 417 g/mol. The number of furan rings is 1. The first kappa shape index (κ1) is 22.6. The Morgan fingerprint density at radius 3 is 2.50 bits per heavy atom. The Balaban J connectivity index is 1.92. The van der Waals surface area contributed by atoms with Gasteiger partial charge in [-0.3, -0.25) is 14.9 Å². The molecular formula is C20H23N3O7. The summed E-state index contributed by atoms with van der Waals surface area (Å²) in [6.45, 7) is -0.182. The van der Waals surface area contributed by atoms with Gasteiger partial charge >= 0.3 is 12.0 Å². The van der Waals surface area contributed by atoms with Crippen LogP contribution in [0.5, 0.6) is 0 Å². The molecule has 0 radical (unpaired) electrons. The molecule has 160 valence electrons. The van der Waals surface area contributed by atoms with Crippen LogP contribution in [-0.2, 0) is 25.5 Å². The van der Waals surface area contributed by atoms with Crippen molar-refractivity contribution in [1.82, 2.24) is 16.0 Å². The third kappa shape index (κ3) is 7.76. The van der Waals surface area contributed by atoms with Gasteiger partial charge in [0.25, 0.3) is 11.8 Å². The largest absolute Gasteiger partial charge is 0.459 e. The lowest BCUT2D eigenvalue weighted by atomic mass is 10.1. The molecule has 0 aliphatic heterocycles. The van der Waals surface area contributed by atoms with Crippen molar-refractivity contribution in [3.63, 3.8) is 0 Å². The van der Waals surface area contributed by atoms with Crippen molar-refractivity contribution in [2.75, 3.05) is 26.9 Å².